The molecule has 2 amide bonds. The number of nitrogens with zero attached hydrogens (tertiary/aromatic N) is 1. The molecule has 0 unspecified atom stereocenters. The van der Waals surface area contributed by atoms with Crippen LogP contribution in [0.4, 0.5) is 18.9 Å². The zero-order valence-corrected chi connectivity index (χ0v) is 20.9. The summed E-state index contributed by atoms with van der Waals surface area (Å²) < 4.78 is 45.3. The van der Waals surface area contributed by atoms with Crippen molar-refractivity contribution in [2.75, 3.05) is 4.90 Å². The van der Waals surface area contributed by atoms with Crippen molar-refractivity contribution in [3.63, 3.8) is 0 Å². The summed E-state index contributed by atoms with van der Waals surface area (Å²) in [5.41, 5.74) is 0.798. The number of nitrogens with one attached hydrogen (secondary N) is 1. The first kappa shape index (κ1) is 25.9. The van der Waals surface area contributed by atoms with Crippen molar-refractivity contribution in [3.8, 4) is 22.6 Å². The van der Waals surface area contributed by atoms with Crippen molar-refractivity contribution in [1.82, 2.24) is 5.32 Å². The largest absolute Gasteiger partial charge is 0.457 e. The van der Waals surface area contributed by atoms with Crippen LogP contribution in [0.2, 0.25) is 0 Å². The van der Waals surface area contributed by atoms with Crippen molar-refractivity contribution in [2.45, 2.75) is 6.18 Å². The molecule has 0 spiro atoms. The van der Waals surface area contributed by atoms with Crippen LogP contribution in [0.25, 0.3) is 17.2 Å². The number of hydrogen-bond acceptors (Lipinski definition) is 4. The highest BCUT2D eigenvalue weighted by atomic mass is 32.1. The van der Waals surface area contributed by atoms with Crippen LogP contribution in [0, 0.1) is 0 Å². The second-order valence-corrected chi connectivity index (χ2v) is 8.96. The fourth-order valence-electron chi connectivity index (χ4n) is 4.03. The number of amides is 2. The van der Waals surface area contributed by atoms with E-state index in [4.69, 9.17) is 17.0 Å². The van der Waals surface area contributed by atoms with Crippen molar-refractivity contribution >= 4 is 40.9 Å². The fourth-order valence-corrected chi connectivity index (χ4v) is 4.31. The highest BCUT2D eigenvalue weighted by Crippen LogP contribution is 2.33. The minimum Gasteiger partial charge on any atom is -0.457 e. The Labute approximate surface area is 227 Å². The van der Waals surface area contributed by atoms with Gasteiger partial charge in [-0.3, -0.25) is 19.8 Å². The Bertz CT molecular complexity index is 1600. The van der Waals surface area contributed by atoms with Gasteiger partial charge < -0.3 is 4.74 Å². The topological polar surface area (TPSA) is 58.6 Å². The molecule has 0 aliphatic carbocycles. The lowest BCUT2D eigenvalue weighted by molar-refractivity contribution is -0.137. The highest BCUT2D eigenvalue weighted by Gasteiger charge is 2.34. The molecule has 0 saturated carbocycles. The molecule has 1 saturated heterocycles. The van der Waals surface area contributed by atoms with Gasteiger partial charge in [0.2, 0.25) is 0 Å². The van der Waals surface area contributed by atoms with E-state index in [0.717, 1.165) is 12.1 Å². The lowest BCUT2D eigenvalue weighted by Gasteiger charge is -2.29. The molecule has 4 aromatic rings. The number of ether oxygens (including phenoxy) is 1. The zero-order valence-electron chi connectivity index (χ0n) is 20.1. The van der Waals surface area contributed by atoms with E-state index in [9.17, 15) is 22.8 Å². The zero-order chi connectivity index (χ0) is 27.6. The SMILES string of the molecule is O=C1NC(=S)N(c2ccc(Oc3ccccc3)cc2)C(=O)/C1=C/c1cccc(-c2cccc(C(F)(F)F)c2)c1. The molecule has 9 heteroatoms. The van der Waals surface area contributed by atoms with Crippen molar-refractivity contribution in [1.29, 1.82) is 0 Å². The molecule has 0 aromatic heterocycles. The van der Waals surface area contributed by atoms with E-state index in [0.29, 0.717) is 33.9 Å². The monoisotopic (exact) mass is 544 g/mol. The third-order valence-electron chi connectivity index (χ3n) is 5.90. The summed E-state index contributed by atoms with van der Waals surface area (Å²) >= 11 is 5.27. The van der Waals surface area contributed by atoms with Gasteiger partial charge in [0.25, 0.3) is 11.8 Å². The van der Waals surface area contributed by atoms with Crippen LogP contribution in [0.1, 0.15) is 11.1 Å². The van der Waals surface area contributed by atoms with Gasteiger partial charge in [-0.1, -0.05) is 48.5 Å². The molecule has 1 N–H and O–H groups in total. The molecular formula is C30H19F3N2O3S. The van der Waals surface area contributed by atoms with E-state index >= 15 is 0 Å². The minimum atomic E-state index is -4.48. The van der Waals surface area contributed by atoms with Crippen molar-refractivity contribution in [2.24, 2.45) is 0 Å². The Balaban J connectivity index is 1.41. The van der Waals surface area contributed by atoms with E-state index in [1.54, 1.807) is 54.6 Å². The molecule has 194 valence electrons. The maximum absolute atomic E-state index is 13.4. The van der Waals surface area contributed by atoms with Crippen molar-refractivity contribution < 1.29 is 27.5 Å². The predicted octanol–water partition coefficient (Wildman–Crippen LogP) is 7.00. The van der Waals surface area contributed by atoms with E-state index < -0.39 is 23.6 Å². The standard InChI is InChI=1S/C30H19F3N2O3S/c31-30(32,33)22-9-5-8-21(18-22)20-7-4-6-19(16-20)17-26-27(36)34-29(39)35(28(26)37)23-12-14-25(15-13-23)38-24-10-2-1-3-11-24/h1-18H,(H,34,36,39)/b26-17+. The third-order valence-corrected chi connectivity index (χ3v) is 6.18. The van der Waals surface area contributed by atoms with Crippen molar-refractivity contribution in [3.05, 3.63) is 120 Å². The van der Waals surface area contributed by atoms with Gasteiger partial charge in [0.1, 0.15) is 17.1 Å². The maximum Gasteiger partial charge on any atom is 0.416 e. The van der Waals surface area contributed by atoms with Gasteiger partial charge in [0.15, 0.2) is 5.11 Å². The average Bonchev–Trinajstić information content (AvgIpc) is 2.92. The summed E-state index contributed by atoms with van der Waals surface area (Å²) in [5, 5.41) is 2.45. The van der Waals surface area contributed by atoms with Crippen LogP contribution in [0.3, 0.4) is 0 Å². The number of alkyl halides is 3. The summed E-state index contributed by atoms with van der Waals surface area (Å²) in [6, 6.07) is 27.3. The lowest BCUT2D eigenvalue weighted by atomic mass is 9.99. The van der Waals surface area contributed by atoms with E-state index in [2.05, 4.69) is 5.32 Å². The third kappa shape index (κ3) is 5.73. The second-order valence-electron chi connectivity index (χ2n) is 8.57. The molecule has 1 fully saturated rings. The van der Waals surface area contributed by atoms with Crippen LogP contribution >= 0.6 is 12.2 Å². The maximum atomic E-state index is 13.4. The van der Waals surface area contributed by atoms with Gasteiger partial charge in [-0.25, -0.2) is 0 Å². The first-order valence-electron chi connectivity index (χ1n) is 11.7. The lowest BCUT2D eigenvalue weighted by Crippen LogP contribution is -2.54. The number of anilines is 1. The summed E-state index contributed by atoms with van der Waals surface area (Å²) in [5.74, 6) is -0.106. The second kappa shape index (κ2) is 10.5. The van der Waals surface area contributed by atoms with Gasteiger partial charge in [-0.05, 0) is 89.6 Å². The number of carbonyl (C=O) groups excluding carboxylic acids is 2. The molecule has 4 aromatic carbocycles. The summed E-state index contributed by atoms with van der Waals surface area (Å²) in [6.07, 6.45) is -3.09. The van der Waals surface area contributed by atoms with Crippen LogP contribution in [0.5, 0.6) is 11.5 Å². The van der Waals surface area contributed by atoms with Crippen LogP contribution < -0.4 is 15.0 Å². The average molecular weight is 545 g/mol. The number of para-hydroxylation sites is 1. The Morgan fingerprint density at radius 3 is 2.10 bits per heavy atom. The molecule has 1 aliphatic heterocycles. The minimum absolute atomic E-state index is 0.0726. The predicted molar refractivity (Wildman–Crippen MR) is 146 cm³/mol. The summed E-state index contributed by atoms with van der Waals surface area (Å²) in [7, 11) is 0. The van der Waals surface area contributed by atoms with Crippen LogP contribution in [-0.2, 0) is 15.8 Å². The van der Waals surface area contributed by atoms with E-state index in [1.165, 1.54) is 17.0 Å². The Morgan fingerprint density at radius 2 is 1.41 bits per heavy atom. The molecule has 1 heterocycles. The number of hydrogen-bond donors (Lipinski definition) is 1. The molecule has 1 aliphatic rings. The number of carbonyl (C=O) groups is 2. The molecule has 39 heavy (non-hydrogen) atoms. The van der Waals surface area contributed by atoms with Crippen LogP contribution in [0.15, 0.2) is 109 Å². The first-order chi connectivity index (χ1) is 18.7. The van der Waals surface area contributed by atoms with Gasteiger partial charge in [-0.15, -0.1) is 0 Å². The van der Waals surface area contributed by atoms with Crippen LogP contribution in [-0.4, -0.2) is 16.9 Å². The van der Waals surface area contributed by atoms with Gasteiger partial charge >= 0.3 is 6.18 Å². The van der Waals surface area contributed by atoms with Gasteiger partial charge in [0, 0.05) is 0 Å². The van der Waals surface area contributed by atoms with Gasteiger partial charge in [0.05, 0.1) is 11.3 Å². The Hall–Kier alpha value is -4.76. The van der Waals surface area contributed by atoms with E-state index in [-0.39, 0.29) is 10.7 Å². The van der Waals surface area contributed by atoms with Gasteiger partial charge in [-0.2, -0.15) is 13.2 Å². The molecule has 0 bridgehead atoms. The smallest absolute Gasteiger partial charge is 0.416 e. The molecular weight excluding hydrogens is 525 g/mol. The summed E-state index contributed by atoms with van der Waals surface area (Å²) in [6.45, 7) is 0. The first-order valence-corrected chi connectivity index (χ1v) is 12.1. The number of rotatable bonds is 5. The number of benzene rings is 4. The molecule has 5 nitrogen and oxygen atoms in total. The fraction of sp³-hybridized carbons (Fsp3) is 0.0333. The molecule has 5 rings (SSSR count). The number of thiocarbonyl (C=S) groups is 1. The number of halogens is 3. The quantitative estimate of drug-likeness (QED) is 0.167. The Morgan fingerprint density at radius 1 is 0.769 bits per heavy atom. The molecule has 0 radical (unpaired) electrons. The van der Waals surface area contributed by atoms with E-state index in [1.807, 2.05) is 30.3 Å². The summed E-state index contributed by atoms with van der Waals surface area (Å²) in [4.78, 5) is 27.3. The molecule has 0 atom stereocenters. The highest BCUT2D eigenvalue weighted by molar-refractivity contribution is 7.80. The Kier molecular flexibility index (Phi) is 7.00. The normalized spacial score (nSPS) is 14.9.